The van der Waals surface area contributed by atoms with Crippen molar-refractivity contribution in [2.45, 2.75) is 79.1 Å². The van der Waals surface area contributed by atoms with Gasteiger partial charge in [-0.25, -0.2) is 0 Å². The Hall–Kier alpha value is -0.650. The van der Waals surface area contributed by atoms with Crippen LogP contribution < -0.4 is 0 Å². The number of fused-ring (bicyclic) bond motifs is 2. The van der Waals surface area contributed by atoms with Gasteiger partial charge in [-0.05, 0) is 86.7 Å². The molecule has 5 nitrogen and oxygen atoms in total. The van der Waals surface area contributed by atoms with Crippen LogP contribution in [0.3, 0.4) is 0 Å². The van der Waals surface area contributed by atoms with Gasteiger partial charge in [-0.15, -0.1) is 0 Å². The van der Waals surface area contributed by atoms with Crippen LogP contribution in [-0.2, 0) is 4.79 Å². The molecule has 3 N–H and O–H groups in total. The largest absolute Gasteiger partial charge is 0.483 e. The zero-order chi connectivity index (χ0) is 20.6. The lowest BCUT2D eigenvalue weighted by Gasteiger charge is -2.57. The van der Waals surface area contributed by atoms with Crippen molar-refractivity contribution in [2.24, 2.45) is 22.2 Å². The molecule has 2 fully saturated rings. The summed E-state index contributed by atoms with van der Waals surface area (Å²) in [5.41, 5.74) is 0.466. The Morgan fingerprint density at radius 3 is 2.04 bits per heavy atom. The van der Waals surface area contributed by atoms with Crippen LogP contribution in [0.15, 0.2) is 0 Å². The summed E-state index contributed by atoms with van der Waals surface area (Å²) in [5, 5.41) is 26.9. The van der Waals surface area contributed by atoms with Gasteiger partial charge in [-0.2, -0.15) is 0 Å². The molecule has 4 atom stereocenters. The van der Waals surface area contributed by atoms with Crippen LogP contribution >= 0.6 is 0 Å². The molecular formula is C22H43NO4. The maximum Gasteiger partial charge on any atom is 0.290 e. The van der Waals surface area contributed by atoms with E-state index in [9.17, 15) is 10.2 Å². The van der Waals surface area contributed by atoms with E-state index in [4.69, 9.17) is 9.90 Å². The molecule has 27 heavy (non-hydrogen) atoms. The van der Waals surface area contributed by atoms with Crippen LogP contribution in [0.5, 0.6) is 0 Å². The summed E-state index contributed by atoms with van der Waals surface area (Å²) >= 11 is 0. The molecule has 0 amide bonds. The minimum Gasteiger partial charge on any atom is -0.483 e. The molecule has 0 heterocycles. The highest BCUT2D eigenvalue weighted by Crippen LogP contribution is 2.61. The third-order valence-electron chi connectivity index (χ3n) is 7.00. The summed E-state index contributed by atoms with van der Waals surface area (Å²) in [6, 6.07) is 0. The SMILES string of the molecule is CCN(CC)CCCCC1(C)CC2CC(C)(CO)CC(CO)(C2)C1.O=CO. The number of unbranched alkanes of at least 4 members (excludes halogenated alkanes) is 1. The van der Waals surface area contributed by atoms with Crippen molar-refractivity contribution in [1.82, 2.24) is 4.90 Å². The highest BCUT2D eigenvalue weighted by Gasteiger charge is 2.52. The Morgan fingerprint density at radius 2 is 1.52 bits per heavy atom. The Morgan fingerprint density at radius 1 is 0.963 bits per heavy atom. The molecule has 2 bridgehead atoms. The highest BCUT2D eigenvalue weighted by atomic mass is 16.3. The van der Waals surface area contributed by atoms with Crippen molar-refractivity contribution >= 4 is 6.47 Å². The number of hydrogen-bond acceptors (Lipinski definition) is 4. The summed E-state index contributed by atoms with van der Waals surface area (Å²) in [5.74, 6) is 0.685. The molecule has 160 valence electrons. The van der Waals surface area contributed by atoms with E-state index in [0.29, 0.717) is 17.9 Å². The van der Waals surface area contributed by atoms with E-state index in [1.54, 1.807) is 0 Å². The smallest absolute Gasteiger partial charge is 0.290 e. The molecular weight excluding hydrogens is 342 g/mol. The molecule has 2 aliphatic rings. The predicted octanol–water partition coefficient (Wildman–Crippen LogP) is 3.78. The van der Waals surface area contributed by atoms with Gasteiger partial charge >= 0.3 is 0 Å². The predicted molar refractivity (Wildman–Crippen MR) is 110 cm³/mol. The first-order valence-electron chi connectivity index (χ1n) is 10.7. The summed E-state index contributed by atoms with van der Waals surface area (Å²) < 4.78 is 0. The van der Waals surface area contributed by atoms with Gasteiger partial charge in [-0.3, -0.25) is 4.79 Å². The van der Waals surface area contributed by atoms with E-state index < -0.39 is 0 Å². The lowest BCUT2D eigenvalue weighted by Crippen LogP contribution is -2.50. The fraction of sp³-hybridized carbons (Fsp3) is 0.955. The third kappa shape index (κ3) is 7.03. The fourth-order valence-corrected chi connectivity index (χ4v) is 6.30. The summed E-state index contributed by atoms with van der Waals surface area (Å²) in [7, 11) is 0. The number of aliphatic hydroxyl groups excluding tert-OH is 2. The number of aliphatic hydroxyl groups is 2. The molecule has 0 saturated heterocycles. The quantitative estimate of drug-likeness (QED) is 0.416. The molecule has 2 saturated carbocycles. The van der Waals surface area contributed by atoms with Crippen molar-refractivity contribution in [1.29, 1.82) is 0 Å². The maximum atomic E-state index is 10.2. The molecule has 0 radical (unpaired) electrons. The number of carboxylic acid groups (broad SMARTS) is 1. The van der Waals surface area contributed by atoms with Crippen LogP contribution in [0.1, 0.15) is 79.1 Å². The fourth-order valence-electron chi connectivity index (χ4n) is 6.30. The van der Waals surface area contributed by atoms with Gasteiger partial charge in [0.05, 0.1) is 0 Å². The minimum atomic E-state index is -0.250. The average molecular weight is 386 g/mol. The van der Waals surface area contributed by atoms with Gasteiger partial charge in [0, 0.05) is 13.2 Å². The van der Waals surface area contributed by atoms with Crippen molar-refractivity contribution in [3.05, 3.63) is 0 Å². The van der Waals surface area contributed by atoms with E-state index >= 15 is 0 Å². The van der Waals surface area contributed by atoms with Crippen LogP contribution in [0.2, 0.25) is 0 Å². The monoisotopic (exact) mass is 385 g/mol. The summed E-state index contributed by atoms with van der Waals surface area (Å²) in [6.45, 7) is 13.0. The van der Waals surface area contributed by atoms with Gasteiger partial charge in [0.2, 0.25) is 0 Å². The second kappa shape index (κ2) is 10.8. The Bertz CT molecular complexity index is 440. The maximum absolute atomic E-state index is 10.2. The van der Waals surface area contributed by atoms with Crippen LogP contribution in [-0.4, -0.2) is 59.5 Å². The van der Waals surface area contributed by atoms with E-state index in [-0.39, 0.29) is 23.9 Å². The van der Waals surface area contributed by atoms with E-state index in [1.807, 2.05) is 0 Å². The zero-order valence-corrected chi connectivity index (χ0v) is 18.0. The third-order valence-corrected chi connectivity index (χ3v) is 7.00. The van der Waals surface area contributed by atoms with Gasteiger partial charge in [0.1, 0.15) is 0 Å². The molecule has 0 aliphatic heterocycles. The van der Waals surface area contributed by atoms with E-state index in [2.05, 4.69) is 32.6 Å². The summed E-state index contributed by atoms with van der Waals surface area (Å²) in [4.78, 5) is 10.9. The van der Waals surface area contributed by atoms with Crippen LogP contribution in [0.4, 0.5) is 0 Å². The van der Waals surface area contributed by atoms with Crippen molar-refractivity contribution in [2.75, 3.05) is 32.8 Å². The lowest BCUT2D eigenvalue weighted by atomic mass is 9.48. The topological polar surface area (TPSA) is 81.0 Å². The first-order valence-corrected chi connectivity index (χ1v) is 10.7. The van der Waals surface area contributed by atoms with Gasteiger partial charge in [-0.1, -0.05) is 34.1 Å². The second-order valence-electron chi connectivity index (χ2n) is 9.86. The lowest BCUT2D eigenvalue weighted by molar-refractivity contribution is -0.122. The molecule has 0 aromatic rings. The molecule has 2 rings (SSSR count). The molecule has 0 spiro atoms. The number of nitrogens with zero attached hydrogens (tertiary/aromatic N) is 1. The van der Waals surface area contributed by atoms with Gasteiger partial charge < -0.3 is 20.2 Å². The zero-order valence-electron chi connectivity index (χ0n) is 18.0. The first-order chi connectivity index (χ1) is 12.7. The number of rotatable bonds is 9. The molecule has 5 heteroatoms. The minimum absolute atomic E-state index is 0.0235. The Labute approximate surface area is 166 Å². The molecule has 4 unspecified atom stereocenters. The van der Waals surface area contributed by atoms with E-state index in [1.165, 1.54) is 38.6 Å². The molecule has 0 aromatic heterocycles. The number of hydrogen-bond donors (Lipinski definition) is 3. The highest BCUT2D eigenvalue weighted by molar-refractivity contribution is 5.32. The number of carbonyl (C=O) groups is 1. The first kappa shape index (κ1) is 24.4. The van der Waals surface area contributed by atoms with Crippen LogP contribution in [0, 0.1) is 22.2 Å². The molecule has 2 aliphatic carbocycles. The molecule has 0 aromatic carbocycles. The van der Waals surface area contributed by atoms with Crippen LogP contribution in [0.25, 0.3) is 0 Å². The van der Waals surface area contributed by atoms with E-state index in [0.717, 1.165) is 32.4 Å². The Kier molecular flexibility index (Phi) is 9.73. The average Bonchev–Trinajstić information content (AvgIpc) is 2.61. The van der Waals surface area contributed by atoms with Crippen molar-refractivity contribution < 1.29 is 20.1 Å². The van der Waals surface area contributed by atoms with Gasteiger partial charge in [0.15, 0.2) is 0 Å². The Balaban J connectivity index is 0.00000114. The van der Waals surface area contributed by atoms with Crippen molar-refractivity contribution in [3.63, 3.8) is 0 Å². The summed E-state index contributed by atoms with van der Waals surface area (Å²) in [6.07, 6.45) is 9.64. The van der Waals surface area contributed by atoms with Crippen molar-refractivity contribution in [3.8, 4) is 0 Å². The normalized spacial score (nSPS) is 35.4. The second-order valence-corrected chi connectivity index (χ2v) is 9.86. The standard InChI is InChI=1S/C21H41NO2.CH2O2/c1-5-22(6-2)10-8-7-9-19(3)11-18-12-20(4,16-23)15-21(13-18,14-19)17-24;2-1-3/h18,23-24H,5-17H2,1-4H3;1H,(H,2,3). The van der Waals surface area contributed by atoms with Gasteiger partial charge in [0.25, 0.3) is 6.47 Å².